The minimum atomic E-state index is -0.145. The van der Waals surface area contributed by atoms with Crippen molar-refractivity contribution in [2.75, 3.05) is 12.8 Å². The number of nitrogen functional groups attached to an aromatic ring is 1. The van der Waals surface area contributed by atoms with E-state index in [1.54, 1.807) is 36.2 Å². The van der Waals surface area contributed by atoms with Crippen LogP contribution in [0.25, 0.3) is 0 Å². The molecule has 2 aromatic rings. The van der Waals surface area contributed by atoms with Crippen LogP contribution in [0, 0.1) is 0 Å². The third-order valence-electron chi connectivity index (χ3n) is 3.04. The molecule has 1 amide bonds. The molecule has 0 aliphatic rings. The molecule has 6 nitrogen and oxygen atoms in total. The van der Waals surface area contributed by atoms with Gasteiger partial charge in [0, 0.05) is 26.2 Å². The summed E-state index contributed by atoms with van der Waals surface area (Å²) in [5.41, 5.74) is 8.57. The maximum absolute atomic E-state index is 12.4. The van der Waals surface area contributed by atoms with Gasteiger partial charge in [0.15, 0.2) is 0 Å². The number of aryl methyl sites for hydroxylation is 2. The highest BCUT2D eigenvalue weighted by molar-refractivity contribution is 5.97. The number of furan rings is 1. The Hall–Kier alpha value is -2.24. The van der Waals surface area contributed by atoms with Crippen molar-refractivity contribution in [3.8, 4) is 0 Å². The van der Waals surface area contributed by atoms with Gasteiger partial charge in [-0.3, -0.25) is 9.48 Å². The molecule has 2 aromatic heterocycles. The highest BCUT2D eigenvalue weighted by Gasteiger charge is 2.22. The van der Waals surface area contributed by atoms with Gasteiger partial charge in [-0.05, 0) is 12.5 Å². The lowest BCUT2D eigenvalue weighted by Crippen LogP contribution is -2.28. The molecule has 0 aromatic carbocycles. The molecule has 0 radical (unpaired) electrons. The number of nitrogens with zero attached hydrogens (tertiary/aromatic N) is 3. The second kappa shape index (κ2) is 5.17. The van der Waals surface area contributed by atoms with Crippen LogP contribution in [-0.2, 0) is 20.0 Å². The van der Waals surface area contributed by atoms with Gasteiger partial charge < -0.3 is 15.1 Å². The molecule has 2 rings (SSSR count). The van der Waals surface area contributed by atoms with Gasteiger partial charge in [0.2, 0.25) is 0 Å². The number of nitrogens with two attached hydrogens (primary N) is 1. The lowest BCUT2D eigenvalue weighted by Gasteiger charge is -2.16. The number of carbonyl (C=O) groups excluding carboxylic acids is 1. The largest absolute Gasteiger partial charge is 0.472 e. The average Bonchev–Trinajstić information content (AvgIpc) is 2.97. The Morgan fingerprint density at radius 3 is 2.84 bits per heavy atom. The first-order chi connectivity index (χ1) is 9.04. The van der Waals surface area contributed by atoms with Crippen LogP contribution >= 0.6 is 0 Å². The van der Waals surface area contributed by atoms with E-state index in [0.717, 1.165) is 11.3 Å². The Morgan fingerprint density at radius 1 is 1.58 bits per heavy atom. The number of rotatable bonds is 4. The van der Waals surface area contributed by atoms with E-state index in [2.05, 4.69) is 5.10 Å². The van der Waals surface area contributed by atoms with Crippen molar-refractivity contribution in [1.29, 1.82) is 0 Å². The van der Waals surface area contributed by atoms with Crippen LogP contribution in [0.15, 0.2) is 23.0 Å². The number of anilines is 1. The Morgan fingerprint density at radius 2 is 2.32 bits per heavy atom. The van der Waals surface area contributed by atoms with E-state index in [1.165, 1.54) is 0 Å². The van der Waals surface area contributed by atoms with Crippen molar-refractivity contribution in [3.05, 3.63) is 35.5 Å². The van der Waals surface area contributed by atoms with E-state index in [0.29, 0.717) is 24.3 Å². The van der Waals surface area contributed by atoms with Gasteiger partial charge in [0.05, 0.1) is 23.9 Å². The second-order valence-electron chi connectivity index (χ2n) is 4.48. The lowest BCUT2D eigenvalue weighted by atomic mass is 10.2. The summed E-state index contributed by atoms with van der Waals surface area (Å²) in [5.74, 6) is -0.145. The minimum absolute atomic E-state index is 0.145. The molecule has 19 heavy (non-hydrogen) atoms. The van der Waals surface area contributed by atoms with Gasteiger partial charge in [-0.15, -0.1) is 0 Å². The normalized spacial score (nSPS) is 10.7. The molecule has 0 fully saturated rings. The maximum Gasteiger partial charge on any atom is 0.274 e. The summed E-state index contributed by atoms with van der Waals surface area (Å²) in [7, 11) is 3.46. The van der Waals surface area contributed by atoms with Crippen LogP contribution in [0.5, 0.6) is 0 Å². The van der Waals surface area contributed by atoms with Gasteiger partial charge in [0.25, 0.3) is 5.91 Å². The number of hydrogen-bond donors (Lipinski definition) is 1. The van der Waals surface area contributed by atoms with Crippen LogP contribution < -0.4 is 5.73 Å². The van der Waals surface area contributed by atoms with E-state index in [4.69, 9.17) is 10.2 Å². The van der Waals surface area contributed by atoms with E-state index >= 15 is 0 Å². The topological polar surface area (TPSA) is 77.3 Å². The smallest absolute Gasteiger partial charge is 0.274 e. The third kappa shape index (κ3) is 2.47. The van der Waals surface area contributed by atoms with Crippen LogP contribution in [0.4, 0.5) is 5.69 Å². The van der Waals surface area contributed by atoms with E-state index in [-0.39, 0.29) is 5.91 Å². The first-order valence-corrected chi connectivity index (χ1v) is 6.12. The monoisotopic (exact) mass is 262 g/mol. The zero-order valence-corrected chi connectivity index (χ0v) is 11.4. The number of carbonyl (C=O) groups is 1. The van der Waals surface area contributed by atoms with Crippen molar-refractivity contribution < 1.29 is 9.21 Å². The predicted octanol–water partition coefficient (Wildman–Crippen LogP) is 1.43. The first-order valence-electron chi connectivity index (χ1n) is 6.12. The quantitative estimate of drug-likeness (QED) is 0.904. The van der Waals surface area contributed by atoms with Crippen molar-refractivity contribution in [2.24, 2.45) is 7.05 Å². The van der Waals surface area contributed by atoms with Gasteiger partial charge in [0.1, 0.15) is 5.69 Å². The van der Waals surface area contributed by atoms with E-state index < -0.39 is 0 Å². The Kier molecular flexibility index (Phi) is 3.59. The molecular formula is C13H18N4O2. The molecule has 6 heteroatoms. The van der Waals surface area contributed by atoms with Gasteiger partial charge in [-0.2, -0.15) is 5.10 Å². The SMILES string of the molecule is CCc1nn(C)c(C(=O)N(C)Cc2ccoc2)c1N. The molecular weight excluding hydrogens is 244 g/mol. The summed E-state index contributed by atoms with van der Waals surface area (Å²) in [5, 5.41) is 4.25. The fraction of sp³-hybridized carbons (Fsp3) is 0.385. The minimum Gasteiger partial charge on any atom is -0.472 e. The summed E-state index contributed by atoms with van der Waals surface area (Å²) < 4.78 is 6.53. The molecule has 2 N–H and O–H groups in total. The zero-order chi connectivity index (χ0) is 14.0. The van der Waals surface area contributed by atoms with Gasteiger partial charge >= 0.3 is 0 Å². The summed E-state index contributed by atoms with van der Waals surface area (Å²) in [4.78, 5) is 14.0. The molecule has 102 valence electrons. The first kappa shape index (κ1) is 13.2. The lowest BCUT2D eigenvalue weighted by molar-refractivity contribution is 0.0775. The van der Waals surface area contributed by atoms with Crippen molar-refractivity contribution in [3.63, 3.8) is 0 Å². The number of amides is 1. The Labute approximate surface area is 111 Å². The number of aromatic nitrogens is 2. The Balaban J connectivity index is 2.21. The molecule has 0 saturated heterocycles. The van der Waals surface area contributed by atoms with Crippen LogP contribution in [0.2, 0.25) is 0 Å². The van der Waals surface area contributed by atoms with Gasteiger partial charge in [-0.1, -0.05) is 6.92 Å². The summed E-state index contributed by atoms with van der Waals surface area (Å²) in [6.45, 7) is 2.43. The molecule has 0 saturated carbocycles. The van der Waals surface area contributed by atoms with Crippen LogP contribution in [0.3, 0.4) is 0 Å². The maximum atomic E-state index is 12.4. The average molecular weight is 262 g/mol. The van der Waals surface area contributed by atoms with Crippen LogP contribution in [0.1, 0.15) is 28.7 Å². The predicted molar refractivity (Wildman–Crippen MR) is 71.5 cm³/mol. The van der Waals surface area contributed by atoms with Crippen LogP contribution in [-0.4, -0.2) is 27.6 Å². The highest BCUT2D eigenvalue weighted by Crippen LogP contribution is 2.19. The fourth-order valence-corrected chi connectivity index (χ4v) is 2.02. The summed E-state index contributed by atoms with van der Waals surface area (Å²) in [6.07, 6.45) is 3.91. The number of hydrogen-bond acceptors (Lipinski definition) is 4. The molecule has 0 unspecified atom stereocenters. The molecule has 0 atom stereocenters. The summed E-state index contributed by atoms with van der Waals surface area (Å²) in [6, 6.07) is 1.83. The molecule has 0 spiro atoms. The Bertz CT molecular complexity index is 572. The second-order valence-corrected chi connectivity index (χ2v) is 4.48. The molecule has 0 bridgehead atoms. The van der Waals surface area contributed by atoms with Crippen molar-refractivity contribution in [2.45, 2.75) is 19.9 Å². The van der Waals surface area contributed by atoms with E-state index in [9.17, 15) is 4.79 Å². The molecule has 0 aliphatic heterocycles. The molecule has 0 aliphatic carbocycles. The third-order valence-corrected chi connectivity index (χ3v) is 3.04. The fourth-order valence-electron chi connectivity index (χ4n) is 2.02. The van der Waals surface area contributed by atoms with Crippen molar-refractivity contribution >= 4 is 11.6 Å². The van der Waals surface area contributed by atoms with E-state index in [1.807, 2.05) is 13.0 Å². The van der Waals surface area contributed by atoms with Gasteiger partial charge in [-0.25, -0.2) is 0 Å². The van der Waals surface area contributed by atoms with Crippen molar-refractivity contribution in [1.82, 2.24) is 14.7 Å². The highest BCUT2D eigenvalue weighted by atomic mass is 16.3. The molecule has 2 heterocycles. The standard InChI is InChI=1S/C13H18N4O2/c1-4-10-11(14)12(17(3)15-10)13(18)16(2)7-9-5-6-19-8-9/h5-6,8H,4,7,14H2,1-3H3. The summed E-state index contributed by atoms with van der Waals surface area (Å²) >= 11 is 0. The zero-order valence-electron chi connectivity index (χ0n) is 11.4.